The second-order valence-corrected chi connectivity index (χ2v) is 16.0. The number of rotatable bonds is 5. The van der Waals surface area contributed by atoms with Crippen LogP contribution in [0, 0.1) is 0 Å². The fraction of sp³-hybridized carbons (Fsp3) is 0.387. The van der Waals surface area contributed by atoms with E-state index >= 15 is 0 Å². The van der Waals surface area contributed by atoms with Crippen LogP contribution in [0.5, 0.6) is 0 Å². The Kier molecular flexibility index (Phi) is 7.44. The molecule has 0 spiro atoms. The van der Waals surface area contributed by atoms with Crippen molar-refractivity contribution in [3.8, 4) is 0 Å². The summed E-state index contributed by atoms with van der Waals surface area (Å²) >= 11 is 0. The molecule has 3 aromatic rings. The van der Waals surface area contributed by atoms with Crippen LogP contribution in [-0.4, -0.2) is 31.5 Å². The molecule has 0 fully saturated rings. The van der Waals surface area contributed by atoms with Crippen LogP contribution in [0.25, 0.3) is 0 Å². The highest BCUT2D eigenvalue weighted by molar-refractivity contribution is 6.99. The SMILES string of the molecule is CC(C)(C)OC(=O)N1CCc2cc(CO[Si](c3ccccc3)(c3ccccc3)C(C)(C)C)ccc2C1. The first-order valence-electron chi connectivity index (χ1n) is 12.8. The lowest BCUT2D eigenvalue weighted by Gasteiger charge is -2.43. The van der Waals surface area contributed by atoms with Gasteiger partial charge in [-0.3, -0.25) is 0 Å². The fourth-order valence-corrected chi connectivity index (χ4v) is 9.67. The minimum absolute atomic E-state index is 0.0577. The number of nitrogens with zero attached hydrogens (tertiary/aromatic N) is 1. The predicted molar refractivity (Wildman–Crippen MR) is 149 cm³/mol. The standard InChI is InChI=1S/C31H39NO3Si/c1-30(2,3)35-29(33)32-20-19-25-21-24(17-18-26(25)22-32)23-34-36(31(4,5)6,27-13-9-7-10-14-27)28-15-11-8-12-16-28/h7-18,21H,19-20,22-23H2,1-6H3. The summed E-state index contributed by atoms with van der Waals surface area (Å²) in [5, 5.41) is 2.52. The highest BCUT2D eigenvalue weighted by Gasteiger charge is 2.50. The monoisotopic (exact) mass is 501 g/mol. The Hall–Kier alpha value is -2.89. The van der Waals surface area contributed by atoms with E-state index in [0.717, 1.165) is 6.42 Å². The van der Waals surface area contributed by atoms with E-state index in [4.69, 9.17) is 9.16 Å². The van der Waals surface area contributed by atoms with Gasteiger partial charge in [0.1, 0.15) is 5.60 Å². The molecule has 0 aromatic heterocycles. The van der Waals surface area contributed by atoms with Crippen LogP contribution in [-0.2, 0) is 28.7 Å². The lowest BCUT2D eigenvalue weighted by molar-refractivity contribution is 0.0224. The lowest BCUT2D eigenvalue weighted by Crippen LogP contribution is -2.66. The van der Waals surface area contributed by atoms with Crippen molar-refractivity contribution in [1.82, 2.24) is 4.90 Å². The van der Waals surface area contributed by atoms with E-state index < -0.39 is 13.9 Å². The Morgan fingerprint density at radius 1 is 0.833 bits per heavy atom. The molecule has 1 aliphatic heterocycles. The third-order valence-corrected chi connectivity index (χ3v) is 11.8. The molecule has 0 atom stereocenters. The zero-order chi connectivity index (χ0) is 26.0. The van der Waals surface area contributed by atoms with E-state index in [1.54, 1.807) is 4.90 Å². The minimum Gasteiger partial charge on any atom is -0.444 e. The van der Waals surface area contributed by atoms with Crippen LogP contribution in [0.4, 0.5) is 4.79 Å². The van der Waals surface area contributed by atoms with E-state index in [2.05, 4.69) is 99.6 Å². The van der Waals surface area contributed by atoms with Gasteiger partial charge in [0.15, 0.2) is 0 Å². The third-order valence-electron chi connectivity index (χ3n) is 6.81. The van der Waals surface area contributed by atoms with Crippen molar-refractivity contribution in [2.24, 2.45) is 0 Å². The van der Waals surface area contributed by atoms with Gasteiger partial charge in [-0.1, -0.05) is 99.6 Å². The Labute approximate surface area is 217 Å². The van der Waals surface area contributed by atoms with Crippen LogP contribution in [0.2, 0.25) is 5.04 Å². The Bertz CT molecular complexity index is 1140. The molecule has 0 aliphatic carbocycles. The van der Waals surface area contributed by atoms with Crippen LogP contribution < -0.4 is 10.4 Å². The molecule has 4 rings (SSSR count). The minimum atomic E-state index is -2.59. The van der Waals surface area contributed by atoms with Gasteiger partial charge in [0.25, 0.3) is 8.32 Å². The zero-order valence-corrected chi connectivity index (χ0v) is 23.5. The van der Waals surface area contributed by atoms with E-state index in [1.807, 2.05) is 20.8 Å². The Morgan fingerprint density at radius 3 is 1.94 bits per heavy atom. The number of benzene rings is 3. The smallest absolute Gasteiger partial charge is 0.410 e. The van der Waals surface area contributed by atoms with Gasteiger partial charge < -0.3 is 14.1 Å². The van der Waals surface area contributed by atoms with Crippen LogP contribution in [0.1, 0.15) is 58.2 Å². The highest BCUT2D eigenvalue weighted by atomic mass is 28.4. The summed E-state index contributed by atoms with van der Waals surface area (Å²) in [4.78, 5) is 14.4. The van der Waals surface area contributed by atoms with Gasteiger partial charge in [0.05, 0.1) is 6.61 Å². The number of hydrogen-bond acceptors (Lipinski definition) is 3. The first-order valence-corrected chi connectivity index (χ1v) is 14.7. The number of ether oxygens (including phenoxy) is 1. The number of carbonyl (C=O) groups excluding carboxylic acids is 1. The van der Waals surface area contributed by atoms with Gasteiger partial charge in [0, 0.05) is 13.1 Å². The molecule has 0 bridgehead atoms. The number of carbonyl (C=O) groups is 1. The Morgan fingerprint density at radius 2 is 1.42 bits per heavy atom. The van der Waals surface area contributed by atoms with Gasteiger partial charge in [-0.2, -0.15) is 0 Å². The maximum atomic E-state index is 12.6. The van der Waals surface area contributed by atoms with Gasteiger partial charge in [0.2, 0.25) is 0 Å². The molecule has 190 valence electrons. The van der Waals surface area contributed by atoms with Gasteiger partial charge in [-0.25, -0.2) is 4.79 Å². The van der Waals surface area contributed by atoms with Crippen LogP contribution >= 0.6 is 0 Å². The molecule has 36 heavy (non-hydrogen) atoms. The van der Waals surface area contributed by atoms with Crippen molar-refractivity contribution < 1.29 is 14.0 Å². The van der Waals surface area contributed by atoms with E-state index in [-0.39, 0.29) is 11.1 Å². The molecule has 1 aliphatic rings. The quantitative estimate of drug-likeness (QED) is 0.399. The van der Waals surface area contributed by atoms with Crippen molar-refractivity contribution >= 4 is 24.8 Å². The molecular weight excluding hydrogens is 462 g/mol. The van der Waals surface area contributed by atoms with Crippen molar-refractivity contribution in [3.63, 3.8) is 0 Å². The van der Waals surface area contributed by atoms with Gasteiger partial charge in [-0.05, 0) is 59.3 Å². The van der Waals surface area contributed by atoms with Gasteiger partial charge in [-0.15, -0.1) is 0 Å². The van der Waals surface area contributed by atoms with Crippen molar-refractivity contribution in [2.45, 2.75) is 71.8 Å². The number of amides is 1. The summed E-state index contributed by atoms with van der Waals surface area (Å²) in [7, 11) is -2.59. The molecule has 4 nitrogen and oxygen atoms in total. The Balaban J connectivity index is 1.59. The van der Waals surface area contributed by atoms with Crippen LogP contribution in [0.15, 0.2) is 78.9 Å². The summed E-state index contributed by atoms with van der Waals surface area (Å²) in [6.45, 7) is 14.4. The molecular formula is C31H39NO3Si. The largest absolute Gasteiger partial charge is 0.444 e. The molecule has 0 saturated carbocycles. The van der Waals surface area contributed by atoms with Gasteiger partial charge >= 0.3 is 6.09 Å². The topological polar surface area (TPSA) is 38.8 Å². The summed E-state index contributed by atoms with van der Waals surface area (Å²) in [5.41, 5.74) is 3.16. The average Bonchev–Trinajstić information content (AvgIpc) is 2.83. The van der Waals surface area contributed by atoms with Crippen LogP contribution in [0.3, 0.4) is 0 Å². The highest BCUT2D eigenvalue weighted by Crippen LogP contribution is 2.37. The molecule has 0 saturated heterocycles. The molecule has 3 aromatic carbocycles. The maximum absolute atomic E-state index is 12.6. The predicted octanol–water partition coefficient (Wildman–Crippen LogP) is 6.06. The molecule has 1 heterocycles. The van der Waals surface area contributed by atoms with Crippen molar-refractivity contribution in [1.29, 1.82) is 0 Å². The fourth-order valence-electron chi connectivity index (χ4n) is 5.13. The van der Waals surface area contributed by atoms with Crippen molar-refractivity contribution in [3.05, 3.63) is 95.6 Å². The summed E-state index contributed by atoms with van der Waals surface area (Å²) in [6.07, 6.45) is 0.578. The van der Waals surface area contributed by atoms with E-state index in [1.165, 1.54) is 27.1 Å². The maximum Gasteiger partial charge on any atom is 0.410 e. The number of hydrogen-bond donors (Lipinski definition) is 0. The second-order valence-electron chi connectivity index (χ2n) is 11.7. The van der Waals surface area contributed by atoms with E-state index in [0.29, 0.717) is 19.7 Å². The van der Waals surface area contributed by atoms with E-state index in [9.17, 15) is 4.79 Å². The first kappa shape index (κ1) is 26.2. The average molecular weight is 502 g/mol. The zero-order valence-electron chi connectivity index (χ0n) is 22.5. The molecule has 5 heteroatoms. The summed E-state index contributed by atoms with van der Waals surface area (Å²) in [6, 6.07) is 28.1. The third kappa shape index (κ3) is 5.58. The van der Waals surface area contributed by atoms with Crippen molar-refractivity contribution in [2.75, 3.05) is 6.54 Å². The summed E-state index contributed by atoms with van der Waals surface area (Å²) < 4.78 is 12.7. The summed E-state index contributed by atoms with van der Waals surface area (Å²) in [5.74, 6) is 0. The normalized spacial score (nSPS) is 14.3. The second kappa shape index (κ2) is 10.2. The molecule has 0 radical (unpaired) electrons. The lowest BCUT2D eigenvalue weighted by atomic mass is 9.98. The number of fused-ring (bicyclic) bond motifs is 1. The first-order chi connectivity index (χ1) is 17.0. The molecule has 0 unspecified atom stereocenters. The molecule has 0 N–H and O–H groups in total. The molecule has 1 amide bonds.